The Balaban J connectivity index is 0.00000105. The van der Waals surface area contributed by atoms with Gasteiger partial charge in [-0.1, -0.05) is 12.1 Å². The van der Waals surface area contributed by atoms with Crippen LogP contribution < -0.4 is 0 Å². The first kappa shape index (κ1) is 20.1. The van der Waals surface area contributed by atoms with Crippen molar-refractivity contribution < 1.29 is 9.15 Å². The van der Waals surface area contributed by atoms with E-state index in [1.807, 2.05) is 12.1 Å². The van der Waals surface area contributed by atoms with Crippen LogP contribution in [0.1, 0.15) is 0 Å². The molecule has 0 saturated carbocycles. The molecule has 0 N–H and O–H groups in total. The Hall–Kier alpha value is -1.61. The van der Waals surface area contributed by atoms with Gasteiger partial charge in [-0.25, -0.2) is 4.98 Å². The quantitative estimate of drug-likeness (QED) is 0.427. The maximum atomic E-state index is 5.52. The minimum absolute atomic E-state index is 0. The van der Waals surface area contributed by atoms with Crippen molar-refractivity contribution in [3.63, 3.8) is 0 Å². The van der Waals surface area contributed by atoms with Crippen molar-refractivity contribution in [2.75, 3.05) is 32.8 Å². The molecule has 0 amide bonds. The Kier molecular flexibility index (Phi) is 6.41. The van der Waals surface area contributed by atoms with Gasteiger partial charge in [0.05, 0.1) is 30.5 Å². The average Bonchev–Trinajstić information content (AvgIpc) is 3.37. The van der Waals surface area contributed by atoms with Crippen LogP contribution in [-0.4, -0.2) is 51.7 Å². The number of hydrogen-bond acceptors (Lipinski definition) is 4. The Morgan fingerprint density at radius 3 is 2.44 bits per heavy atom. The van der Waals surface area contributed by atoms with E-state index in [0.717, 1.165) is 56.6 Å². The molecule has 0 radical (unpaired) electrons. The molecule has 3 aromatic heterocycles. The van der Waals surface area contributed by atoms with Crippen molar-refractivity contribution >= 4 is 50.8 Å². The van der Waals surface area contributed by atoms with E-state index in [9.17, 15) is 0 Å². The molecular weight excluding hydrogens is 476 g/mol. The zero-order valence-corrected chi connectivity index (χ0v) is 18.2. The number of furan rings is 1. The highest BCUT2D eigenvalue weighted by molar-refractivity contribution is 8.93. The predicted octanol–water partition coefficient (Wildman–Crippen LogP) is 4.04. The van der Waals surface area contributed by atoms with E-state index >= 15 is 0 Å². The third kappa shape index (κ3) is 3.71. The number of halogens is 2. The molecular formula is C19H22Br2N4O2. The fourth-order valence-corrected chi connectivity index (χ4v) is 3.57. The molecule has 1 fully saturated rings. The Morgan fingerprint density at radius 1 is 0.926 bits per heavy atom. The van der Waals surface area contributed by atoms with E-state index < -0.39 is 0 Å². The monoisotopic (exact) mass is 496 g/mol. The first-order valence-corrected chi connectivity index (χ1v) is 8.70. The lowest BCUT2D eigenvalue weighted by Gasteiger charge is -2.26. The van der Waals surface area contributed by atoms with Gasteiger partial charge in [-0.15, -0.1) is 34.0 Å². The van der Waals surface area contributed by atoms with E-state index in [0.29, 0.717) is 0 Å². The molecule has 0 bridgehead atoms. The molecule has 4 heterocycles. The van der Waals surface area contributed by atoms with Gasteiger partial charge >= 0.3 is 0 Å². The first-order valence-electron chi connectivity index (χ1n) is 8.70. The number of ether oxygens (including phenoxy) is 1. The van der Waals surface area contributed by atoms with Crippen molar-refractivity contribution in [1.82, 2.24) is 18.9 Å². The molecule has 6 nitrogen and oxygen atoms in total. The summed E-state index contributed by atoms with van der Waals surface area (Å²) in [7, 11) is 0. The second-order valence-corrected chi connectivity index (χ2v) is 6.37. The minimum Gasteiger partial charge on any atom is -0.463 e. The smallest absolute Gasteiger partial charge is 0.215 e. The van der Waals surface area contributed by atoms with Crippen LogP contribution in [0.4, 0.5) is 0 Å². The van der Waals surface area contributed by atoms with Crippen molar-refractivity contribution in [1.29, 1.82) is 0 Å². The number of aromatic nitrogens is 3. The van der Waals surface area contributed by atoms with E-state index in [-0.39, 0.29) is 34.0 Å². The predicted molar refractivity (Wildman–Crippen MR) is 116 cm³/mol. The van der Waals surface area contributed by atoms with Crippen molar-refractivity contribution in [2.45, 2.75) is 6.54 Å². The standard InChI is InChI=1S/C19H20N4O2.2BrH/c1-2-5-17-16(4-1)22(8-7-21-9-12-24-13-10-21)19-20-15(14-23(17)19)18-6-3-11-25-18;;/h1-6,11,14H,7-10,12-13H2;2*1H. The topological polar surface area (TPSA) is 47.8 Å². The third-order valence-corrected chi connectivity index (χ3v) is 4.88. The number of nitrogens with zero attached hydrogens (tertiary/aromatic N) is 4. The van der Waals surface area contributed by atoms with Gasteiger partial charge in [0.15, 0.2) is 5.76 Å². The maximum Gasteiger partial charge on any atom is 0.215 e. The Labute approximate surface area is 178 Å². The molecule has 5 rings (SSSR count). The van der Waals surface area contributed by atoms with Crippen LogP contribution >= 0.6 is 34.0 Å². The van der Waals surface area contributed by atoms with Crippen LogP contribution in [0.2, 0.25) is 0 Å². The summed E-state index contributed by atoms with van der Waals surface area (Å²) in [5.74, 6) is 1.76. The summed E-state index contributed by atoms with van der Waals surface area (Å²) < 4.78 is 15.4. The summed E-state index contributed by atoms with van der Waals surface area (Å²) in [5.41, 5.74) is 3.25. The molecule has 144 valence electrons. The largest absolute Gasteiger partial charge is 0.463 e. The second kappa shape index (κ2) is 8.60. The number of rotatable bonds is 4. The van der Waals surface area contributed by atoms with Crippen LogP contribution in [0.15, 0.2) is 53.3 Å². The molecule has 8 heteroatoms. The fraction of sp³-hybridized carbons (Fsp3) is 0.316. The van der Waals surface area contributed by atoms with Crippen molar-refractivity contribution in [3.8, 4) is 11.5 Å². The summed E-state index contributed by atoms with van der Waals surface area (Å²) in [4.78, 5) is 7.29. The van der Waals surface area contributed by atoms with Crippen LogP contribution in [0.25, 0.3) is 28.3 Å². The summed E-state index contributed by atoms with van der Waals surface area (Å²) in [6, 6.07) is 12.3. The maximum absolute atomic E-state index is 5.52. The number of fused-ring (bicyclic) bond motifs is 3. The van der Waals surface area contributed by atoms with Gasteiger partial charge in [-0.3, -0.25) is 9.30 Å². The van der Waals surface area contributed by atoms with Crippen LogP contribution in [-0.2, 0) is 11.3 Å². The highest BCUT2D eigenvalue weighted by Gasteiger charge is 2.17. The normalized spacial score (nSPS) is 15.0. The van der Waals surface area contributed by atoms with Gasteiger partial charge in [-0.05, 0) is 24.3 Å². The Morgan fingerprint density at radius 2 is 1.70 bits per heavy atom. The van der Waals surface area contributed by atoms with Gasteiger partial charge in [0.2, 0.25) is 5.78 Å². The van der Waals surface area contributed by atoms with Gasteiger partial charge in [-0.2, -0.15) is 0 Å². The zero-order chi connectivity index (χ0) is 16.6. The molecule has 0 atom stereocenters. The lowest BCUT2D eigenvalue weighted by atomic mass is 10.3. The highest BCUT2D eigenvalue weighted by atomic mass is 79.9. The summed E-state index contributed by atoms with van der Waals surface area (Å²) >= 11 is 0. The minimum atomic E-state index is 0. The van der Waals surface area contributed by atoms with Crippen LogP contribution in [0.3, 0.4) is 0 Å². The van der Waals surface area contributed by atoms with E-state index in [1.54, 1.807) is 6.26 Å². The van der Waals surface area contributed by atoms with Gasteiger partial charge in [0, 0.05) is 32.4 Å². The lowest BCUT2D eigenvalue weighted by Crippen LogP contribution is -2.38. The van der Waals surface area contributed by atoms with Crippen LogP contribution in [0, 0.1) is 0 Å². The van der Waals surface area contributed by atoms with Crippen molar-refractivity contribution in [3.05, 3.63) is 48.9 Å². The number of benzene rings is 1. The van der Waals surface area contributed by atoms with Gasteiger partial charge in [0.1, 0.15) is 5.69 Å². The molecule has 0 unspecified atom stereocenters. The SMILES string of the molecule is Br.Br.c1coc(-c2cn3c4ccccc4n(CCN4CCOCC4)c3n2)c1. The Bertz CT molecular complexity index is 1000. The van der Waals surface area contributed by atoms with Crippen molar-refractivity contribution in [2.24, 2.45) is 0 Å². The fourth-order valence-electron chi connectivity index (χ4n) is 3.57. The highest BCUT2D eigenvalue weighted by Crippen LogP contribution is 2.25. The third-order valence-electron chi connectivity index (χ3n) is 4.88. The van der Waals surface area contributed by atoms with E-state index in [4.69, 9.17) is 14.1 Å². The molecule has 1 saturated heterocycles. The molecule has 1 aliphatic heterocycles. The average molecular weight is 498 g/mol. The summed E-state index contributed by atoms with van der Waals surface area (Å²) in [6.45, 7) is 5.57. The van der Waals surface area contributed by atoms with E-state index in [2.05, 4.69) is 44.3 Å². The van der Waals surface area contributed by atoms with Crippen LogP contribution in [0.5, 0.6) is 0 Å². The summed E-state index contributed by atoms with van der Waals surface area (Å²) in [5, 5.41) is 0. The summed E-state index contributed by atoms with van der Waals surface area (Å²) in [6.07, 6.45) is 3.74. The molecule has 27 heavy (non-hydrogen) atoms. The molecule has 0 aliphatic carbocycles. The first-order chi connectivity index (χ1) is 12.4. The lowest BCUT2D eigenvalue weighted by molar-refractivity contribution is 0.0366. The number of para-hydroxylation sites is 2. The van der Waals surface area contributed by atoms with E-state index in [1.165, 1.54) is 11.0 Å². The molecule has 1 aromatic carbocycles. The molecule has 0 spiro atoms. The zero-order valence-electron chi connectivity index (χ0n) is 14.8. The molecule has 1 aliphatic rings. The molecule has 4 aromatic rings. The van der Waals surface area contributed by atoms with Gasteiger partial charge < -0.3 is 13.7 Å². The number of morpholine rings is 1. The number of hydrogen-bond donors (Lipinski definition) is 0. The second-order valence-electron chi connectivity index (χ2n) is 6.37. The number of imidazole rings is 2. The van der Waals surface area contributed by atoms with Gasteiger partial charge in [0.25, 0.3) is 0 Å².